The second-order valence-electron chi connectivity index (χ2n) is 9.59. The van der Waals surface area contributed by atoms with Crippen molar-refractivity contribution in [2.24, 2.45) is 5.92 Å². The first-order chi connectivity index (χ1) is 17.0. The van der Waals surface area contributed by atoms with Crippen LogP contribution in [0.1, 0.15) is 19.4 Å². The average Bonchev–Trinajstić information content (AvgIpc) is 2.90. The number of para-hydroxylation sites is 3. The van der Waals surface area contributed by atoms with Gasteiger partial charge < -0.3 is 14.4 Å². The first-order valence-corrected chi connectivity index (χ1v) is 12.4. The van der Waals surface area contributed by atoms with Crippen molar-refractivity contribution in [3.63, 3.8) is 0 Å². The van der Waals surface area contributed by atoms with Crippen molar-refractivity contribution in [2.75, 3.05) is 31.1 Å². The lowest BCUT2D eigenvalue weighted by Crippen LogP contribution is -2.45. The van der Waals surface area contributed by atoms with Gasteiger partial charge in [0.25, 0.3) is 5.56 Å². The van der Waals surface area contributed by atoms with E-state index in [9.17, 15) is 4.79 Å². The van der Waals surface area contributed by atoms with Crippen molar-refractivity contribution in [3.05, 3.63) is 101 Å². The van der Waals surface area contributed by atoms with Crippen LogP contribution in [0.5, 0.6) is 0 Å². The van der Waals surface area contributed by atoms with Crippen LogP contribution in [0.2, 0.25) is 0 Å². The topological polar surface area (TPSA) is 41.4 Å². The molecular weight excluding hydrogens is 432 g/mol. The zero-order valence-electron chi connectivity index (χ0n) is 20.5. The lowest BCUT2D eigenvalue weighted by molar-refractivity contribution is 0.368. The number of rotatable bonds is 6. The largest absolute Gasteiger partial charge is 0.368 e. The van der Waals surface area contributed by atoms with Crippen molar-refractivity contribution < 1.29 is 0 Å². The van der Waals surface area contributed by atoms with Crippen LogP contribution in [0, 0.1) is 5.92 Å². The highest BCUT2D eigenvalue weighted by Gasteiger charge is 2.19. The van der Waals surface area contributed by atoms with Crippen LogP contribution in [0.15, 0.2) is 90.2 Å². The third-order valence-electron chi connectivity index (χ3n) is 6.67. The van der Waals surface area contributed by atoms with Crippen molar-refractivity contribution in [1.82, 2.24) is 14.5 Å². The maximum atomic E-state index is 13.4. The van der Waals surface area contributed by atoms with E-state index in [-0.39, 0.29) is 5.56 Å². The van der Waals surface area contributed by atoms with E-state index in [0.717, 1.165) is 54.0 Å². The highest BCUT2D eigenvalue weighted by atomic mass is 16.1. The number of piperazine rings is 1. The fourth-order valence-electron chi connectivity index (χ4n) is 4.80. The predicted molar refractivity (Wildman–Crippen MR) is 146 cm³/mol. The molecule has 1 saturated heterocycles. The summed E-state index contributed by atoms with van der Waals surface area (Å²) in [6.07, 6.45) is 0. The van der Waals surface area contributed by atoms with Gasteiger partial charge in [-0.3, -0.25) is 4.79 Å². The molecule has 5 rings (SSSR count). The zero-order chi connectivity index (χ0) is 24.4. The molecule has 178 valence electrons. The molecule has 0 bridgehead atoms. The van der Waals surface area contributed by atoms with Gasteiger partial charge in [-0.1, -0.05) is 75.0 Å². The molecule has 1 aliphatic rings. The predicted octanol–water partition coefficient (Wildman–Crippen LogP) is 5.51. The summed E-state index contributed by atoms with van der Waals surface area (Å²) >= 11 is 0. The minimum absolute atomic E-state index is 0.0407. The molecule has 0 unspecified atom stereocenters. The van der Waals surface area contributed by atoms with Crippen molar-refractivity contribution >= 4 is 22.4 Å². The summed E-state index contributed by atoms with van der Waals surface area (Å²) in [6, 6.07) is 26.5. The van der Waals surface area contributed by atoms with Crippen LogP contribution in [-0.2, 0) is 6.54 Å². The number of aromatic nitrogens is 2. The van der Waals surface area contributed by atoms with Gasteiger partial charge in [-0.05, 0) is 35.7 Å². The summed E-state index contributed by atoms with van der Waals surface area (Å²) in [6.45, 7) is 13.1. The third kappa shape index (κ3) is 4.72. The van der Waals surface area contributed by atoms with E-state index < -0.39 is 0 Å². The Hall–Kier alpha value is -3.86. The second kappa shape index (κ2) is 9.79. The highest BCUT2D eigenvalue weighted by Crippen LogP contribution is 2.25. The number of benzene rings is 3. The van der Waals surface area contributed by atoms with Crippen molar-refractivity contribution in [1.29, 1.82) is 0 Å². The molecule has 0 amide bonds. The molecule has 0 atom stereocenters. The Balaban J connectivity index is 1.36. The lowest BCUT2D eigenvalue weighted by atomic mass is 10.1. The second-order valence-corrected chi connectivity index (χ2v) is 9.59. The zero-order valence-corrected chi connectivity index (χ0v) is 20.5. The van der Waals surface area contributed by atoms with Gasteiger partial charge in [-0.25, -0.2) is 4.98 Å². The Morgan fingerprint density at radius 2 is 1.54 bits per heavy atom. The fourth-order valence-corrected chi connectivity index (χ4v) is 4.80. The maximum Gasteiger partial charge on any atom is 0.277 e. The third-order valence-corrected chi connectivity index (χ3v) is 6.67. The summed E-state index contributed by atoms with van der Waals surface area (Å²) in [7, 11) is 0. The Bertz CT molecular complexity index is 1380. The molecule has 0 saturated carbocycles. The normalized spacial score (nSPS) is 14.0. The van der Waals surface area contributed by atoms with E-state index in [0.29, 0.717) is 18.2 Å². The Kier molecular flexibility index (Phi) is 6.41. The van der Waals surface area contributed by atoms with Gasteiger partial charge in [-0.2, -0.15) is 0 Å². The minimum atomic E-state index is -0.0407. The monoisotopic (exact) mass is 464 g/mol. The van der Waals surface area contributed by atoms with E-state index in [2.05, 4.69) is 72.7 Å². The maximum absolute atomic E-state index is 13.4. The van der Waals surface area contributed by atoms with Crippen molar-refractivity contribution in [3.8, 4) is 11.3 Å². The van der Waals surface area contributed by atoms with E-state index in [1.807, 2.05) is 41.0 Å². The van der Waals surface area contributed by atoms with Crippen LogP contribution in [0.25, 0.3) is 28.0 Å². The van der Waals surface area contributed by atoms with Crippen LogP contribution in [0.3, 0.4) is 0 Å². The van der Waals surface area contributed by atoms with E-state index in [1.165, 1.54) is 5.69 Å². The smallest absolute Gasteiger partial charge is 0.277 e. The van der Waals surface area contributed by atoms with Gasteiger partial charge in [0.15, 0.2) is 0 Å². The molecular formula is C30H32N4O. The van der Waals surface area contributed by atoms with Gasteiger partial charge in [0.2, 0.25) is 0 Å². The van der Waals surface area contributed by atoms with E-state index in [1.54, 1.807) is 0 Å². The molecule has 0 N–H and O–H groups in total. The quantitative estimate of drug-likeness (QED) is 0.377. The van der Waals surface area contributed by atoms with Crippen LogP contribution in [-0.4, -0.2) is 40.6 Å². The molecule has 35 heavy (non-hydrogen) atoms. The van der Waals surface area contributed by atoms with E-state index >= 15 is 0 Å². The molecule has 2 heterocycles. The van der Waals surface area contributed by atoms with Gasteiger partial charge in [-0.15, -0.1) is 0 Å². The molecule has 0 aliphatic carbocycles. The highest BCUT2D eigenvalue weighted by molar-refractivity contribution is 5.78. The van der Waals surface area contributed by atoms with Crippen LogP contribution >= 0.6 is 0 Å². The summed E-state index contributed by atoms with van der Waals surface area (Å²) in [5.41, 5.74) is 6.39. The van der Waals surface area contributed by atoms with Crippen molar-refractivity contribution in [2.45, 2.75) is 20.4 Å². The van der Waals surface area contributed by atoms with Gasteiger partial charge in [0.05, 0.1) is 11.0 Å². The summed E-state index contributed by atoms with van der Waals surface area (Å²) in [5, 5.41) is 0. The van der Waals surface area contributed by atoms with Gasteiger partial charge in [0, 0.05) is 49.7 Å². The molecule has 5 nitrogen and oxygen atoms in total. The number of hydrogen-bond acceptors (Lipinski definition) is 4. The minimum Gasteiger partial charge on any atom is -0.368 e. The Labute approximate surface area is 207 Å². The fraction of sp³-hybridized carbons (Fsp3) is 0.267. The molecule has 0 spiro atoms. The summed E-state index contributed by atoms with van der Waals surface area (Å²) in [4.78, 5) is 22.9. The average molecular weight is 465 g/mol. The van der Waals surface area contributed by atoms with Gasteiger partial charge in [0.1, 0.15) is 5.69 Å². The Morgan fingerprint density at radius 3 is 2.23 bits per heavy atom. The molecule has 4 aromatic rings. The summed E-state index contributed by atoms with van der Waals surface area (Å²) in [5.74, 6) is 0.361. The first-order valence-electron chi connectivity index (χ1n) is 12.4. The molecule has 0 radical (unpaired) electrons. The van der Waals surface area contributed by atoms with E-state index in [4.69, 9.17) is 4.98 Å². The SMILES string of the molecule is C=C(c1ccc(-c2nc3ccccc3n(CC(C)C)c2=O)cc1)N1CCN(c2ccccc2)CC1. The lowest BCUT2D eigenvalue weighted by Gasteiger charge is -2.38. The Morgan fingerprint density at radius 1 is 0.886 bits per heavy atom. The molecule has 1 fully saturated rings. The number of anilines is 1. The molecule has 1 aromatic heterocycles. The molecule has 3 aromatic carbocycles. The molecule has 1 aliphatic heterocycles. The van der Waals surface area contributed by atoms with Crippen LogP contribution < -0.4 is 10.5 Å². The summed E-state index contributed by atoms with van der Waals surface area (Å²) < 4.78 is 1.86. The van der Waals surface area contributed by atoms with Gasteiger partial charge >= 0.3 is 0 Å². The number of nitrogens with zero attached hydrogens (tertiary/aromatic N) is 4. The number of fused-ring (bicyclic) bond motifs is 1. The standard InChI is InChI=1S/C30H32N4O/c1-22(2)21-34-28-12-8-7-11-27(28)31-29(30(34)35)25-15-13-24(14-16-25)23(3)32-17-19-33(20-18-32)26-9-5-4-6-10-26/h4-16,22H,3,17-21H2,1-2H3. The molecule has 5 heteroatoms. The number of hydrogen-bond donors (Lipinski definition) is 0. The van der Waals surface area contributed by atoms with Crippen LogP contribution in [0.4, 0.5) is 5.69 Å². The first kappa shape index (κ1) is 22.9.